The van der Waals surface area contributed by atoms with Crippen molar-refractivity contribution in [2.75, 3.05) is 0 Å². The molecule has 3 aromatic carbocycles. The summed E-state index contributed by atoms with van der Waals surface area (Å²) in [5.74, 6) is -7.65. The zero-order valence-corrected chi connectivity index (χ0v) is 19.4. The standard InChI is InChI=1S/C27H30O8/c1-24(2)34-26(32,21(28)18-12-6-3-7-13-18)23(30)27(33,35-24)22(29)25(31,19-14-8-4-9-15-19)20-16-10-5-11-17-20/h3-17,21-23,28-33H,1-2H3/t21-,22+,23-,26+,27+/m0/s1. The summed E-state index contributed by atoms with van der Waals surface area (Å²) in [5, 5.41) is 69.0. The van der Waals surface area contributed by atoms with Crippen LogP contribution in [0.1, 0.15) is 36.6 Å². The van der Waals surface area contributed by atoms with Crippen LogP contribution in [-0.2, 0) is 15.1 Å². The van der Waals surface area contributed by atoms with Crippen molar-refractivity contribution in [3.05, 3.63) is 108 Å². The maximum Gasteiger partial charge on any atom is 0.231 e. The molecule has 1 saturated heterocycles. The van der Waals surface area contributed by atoms with Gasteiger partial charge < -0.3 is 40.1 Å². The number of hydrogen-bond acceptors (Lipinski definition) is 8. The van der Waals surface area contributed by atoms with Crippen molar-refractivity contribution in [2.24, 2.45) is 0 Å². The molecule has 186 valence electrons. The molecule has 5 atom stereocenters. The van der Waals surface area contributed by atoms with Gasteiger partial charge in [0.1, 0.15) is 17.8 Å². The fraction of sp³-hybridized carbons (Fsp3) is 0.333. The monoisotopic (exact) mass is 482 g/mol. The molecule has 0 amide bonds. The Balaban J connectivity index is 1.86. The van der Waals surface area contributed by atoms with Crippen LogP contribution in [0.4, 0.5) is 0 Å². The van der Waals surface area contributed by atoms with Gasteiger partial charge in [-0.25, -0.2) is 0 Å². The lowest BCUT2D eigenvalue weighted by Crippen LogP contribution is -2.76. The highest BCUT2D eigenvalue weighted by molar-refractivity contribution is 5.39. The largest absolute Gasteiger partial charge is 0.384 e. The SMILES string of the molecule is CC1(C)O[C@](O)([C@H](O)C(O)(c2ccccc2)c2ccccc2)[C@@H](O)[C@@](O)([C@@H](O)c2ccccc2)O1. The Labute approximate surface area is 203 Å². The summed E-state index contributed by atoms with van der Waals surface area (Å²) in [6, 6.07) is 24.1. The van der Waals surface area contributed by atoms with Crippen molar-refractivity contribution >= 4 is 0 Å². The third-order valence-electron chi connectivity index (χ3n) is 6.32. The molecule has 1 heterocycles. The van der Waals surface area contributed by atoms with Crippen LogP contribution in [0.5, 0.6) is 0 Å². The second-order valence-electron chi connectivity index (χ2n) is 9.22. The molecule has 0 aliphatic carbocycles. The van der Waals surface area contributed by atoms with E-state index in [9.17, 15) is 30.6 Å². The minimum Gasteiger partial charge on any atom is -0.384 e. The van der Waals surface area contributed by atoms with Crippen molar-refractivity contribution in [1.82, 2.24) is 0 Å². The van der Waals surface area contributed by atoms with E-state index >= 15 is 0 Å². The number of ether oxygens (including phenoxy) is 2. The topological polar surface area (TPSA) is 140 Å². The summed E-state index contributed by atoms with van der Waals surface area (Å²) in [7, 11) is 0. The molecule has 1 aliphatic rings. The third-order valence-corrected chi connectivity index (χ3v) is 6.32. The second kappa shape index (κ2) is 9.09. The van der Waals surface area contributed by atoms with Gasteiger partial charge in [-0.3, -0.25) is 0 Å². The third kappa shape index (κ3) is 4.29. The number of aliphatic hydroxyl groups excluding tert-OH is 3. The summed E-state index contributed by atoms with van der Waals surface area (Å²) in [6.45, 7) is 2.67. The van der Waals surface area contributed by atoms with Crippen LogP contribution < -0.4 is 0 Å². The van der Waals surface area contributed by atoms with Gasteiger partial charge in [0.2, 0.25) is 11.6 Å². The summed E-state index contributed by atoms with van der Waals surface area (Å²) in [4.78, 5) is 0. The molecule has 0 spiro atoms. The van der Waals surface area contributed by atoms with Gasteiger partial charge in [0.05, 0.1) is 0 Å². The van der Waals surface area contributed by atoms with E-state index < -0.39 is 41.3 Å². The Morgan fingerprint density at radius 2 is 1.11 bits per heavy atom. The normalized spacial score (nSPS) is 28.3. The Kier molecular flexibility index (Phi) is 6.60. The molecule has 0 saturated carbocycles. The van der Waals surface area contributed by atoms with E-state index in [0.29, 0.717) is 0 Å². The lowest BCUT2D eigenvalue weighted by molar-refractivity contribution is -0.516. The van der Waals surface area contributed by atoms with Crippen LogP contribution >= 0.6 is 0 Å². The Hall–Kier alpha value is -2.66. The smallest absolute Gasteiger partial charge is 0.231 e. The summed E-state index contributed by atoms with van der Waals surface area (Å²) in [5.41, 5.74) is -1.73. The molecule has 8 nitrogen and oxygen atoms in total. The number of rotatable bonds is 6. The van der Waals surface area contributed by atoms with Crippen molar-refractivity contribution in [1.29, 1.82) is 0 Å². The van der Waals surface area contributed by atoms with E-state index in [1.807, 2.05) is 0 Å². The van der Waals surface area contributed by atoms with Gasteiger partial charge in [-0.1, -0.05) is 91.0 Å². The van der Waals surface area contributed by atoms with E-state index in [1.54, 1.807) is 78.9 Å². The molecule has 0 unspecified atom stereocenters. The highest BCUT2D eigenvalue weighted by Gasteiger charge is 2.68. The average molecular weight is 483 g/mol. The minimum atomic E-state index is -3.01. The fourth-order valence-corrected chi connectivity index (χ4v) is 4.67. The van der Waals surface area contributed by atoms with E-state index in [1.165, 1.54) is 26.0 Å². The van der Waals surface area contributed by atoms with Gasteiger partial charge in [-0.2, -0.15) is 0 Å². The first-order valence-corrected chi connectivity index (χ1v) is 11.2. The Morgan fingerprint density at radius 3 is 1.57 bits per heavy atom. The van der Waals surface area contributed by atoms with Crippen LogP contribution in [0.2, 0.25) is 0 Å². The van der Waals surface area contributed by atoms with Crippen LogP contribution in [0.3, 0.4) is 0 Å². The summed E-state index contributed by atoms with van der Waals surface area (Å²) >= 11 is 0. The molecule has 0 aromatic heterocycles. The highest BCUT2D eigenvalue weighted by Crippen LogP contribution is 2.49. The maximum atomic E-state index is 12.0. The quantitative estimate of drug-likeness (QED) is 0.311. The molecular weight excluding hydrogens is 452 g/mol. The van der Waals surface area contributed by atoms with E-state index in [2.05, 4.69) is 0 Å². The molecule has 0 bridgehead atoms. The highest BCUT2D eigenvalue weighted by atomic mass is 16.8. The Bertz CT molecular complexity index is 1080. The Morgan fingerprint density at radius 1 is 0.714 bits per heavy atom. The minimum absolute atomic E-state index is 0.185. The summed E-state index contributed by atoms with van der Waals surface area (Å²) < 4.78 is 11.1. The average Bonchev–Trinajstić information content (AvgIpc) is 2.87. The van der Waals surface area contributed by atoms with Gasteiger partial charge in [0.15, 0.2) is 11.9 Å². The second-order valence-corrected chi connectivity index (χ2v) is 9.22. The molecule has 35 heavy (non-hydrogen) atoms. The molecule has 6 N–H and O–H groups in total. The van der Waals surface area contributed by atoms with Gasteiger partial charge in [0, 0.05) is 0 Å². The first kappa shape index (κ1) is 25.4. The molecular formula is C27H30O8. The van der Waals surface area contributed by atoms with E-state index in [4.69, 9.17) is 9.47 Å². The summed E-state index contributed by atoms with van der Waals surface area (Å²) in [6.07, 6.45) is -6.53. The zero-order chi connectivity index (χ0) is 25.5. The lowest BCUT2D eigenvalue weighted by atomic mass is 9.75. The van der Waals surface area contributed by atoms with Gasteiger partial charge in [0.25, 0.3) is 0 Å². The van der Waals surface area contributed by atoms with Crippen LogP contribution in [0.25, 0.3) is 0 Å². The fourth-order valence-electron chi connectivity index (χ4n) is 4.67. The van der Waals surface area contributed by atoms with Crippen LogP contribution in [-0.4, -0.2) is 60.2 Å². The number of aliphatic hydroxyl groups is 6. The first-order chi connectivity index (χ1) is 16.4. The van der Waals surface area contributed by atoms with E-state index in [0.717, 1.165) is 0 Å². The first-order valence-electron chi connectivity index (χ1n) is 11.2. The van der Waals surface area contributed by atoms with Crippen LogP contribution in [0, 0.1) is 0 Å². The van der Waals surface area contributed by atoms with Gasteiger partial charge in [-0.05, 0) is 30.5 Å². The molecule has 3 aromatic rings. The van der Waals surface area contributed by atoms with Crippen LogP contribution in [0.15, 0.2) is 91.0 Å². The van der Waals surface area contributed by atoms with Crippen molar-refractivity contribution < 1.29 is 40.1 Å². The van der Waals surface area contributed by atoms with Gasteiger partial charge >= 0.3 is 0 Å². The lowest BCUT2D eigenvalue weighted by Gasteiger charge is -2.56. The number of hydrogen-bond donors (Lipinski definition) is 6. The molecule has 1 fully saturated rings. The van der Waals surface area contributed by atoms with Crippen molar-refractivity contribution in [3.8, 4) is 0 Å². The molecule has 8 heteroatoms. The van der Waals surface area contributed by atoms with E-state index in [-0.39, 0.29) is 16.7 Å². The predicted octanol–water partition coefficient (Wildman–Crippen LogP) is 1.54. The van der Waals surface area contributed by atoms with Crippen molar-refractivity contribution in [3.63, 3.8) is 0 Å². The number of benzene rings is 3. The maximum absolute atomic E-state index is 12.0. The molecule has 1 aliphatic heterocycles. The van der Waals surface area contributed by atoms with Crippen molar-refractivity contribution in [2.45, 2.75) is 55.1 Å². The molecule has 0 radical (unpaired) electrons. The van der Waals surface area contributed by atoms with Gasteiger partial charge in [-0.15, -0.1) is 0 Å². The predicted molar refractivity (Wildman–Crippen MR) is 125 cm³/mol. The molecule has 4 rings (SSSR count). The zero-order valence-electron chi connectivity index (χ0n) is 19.4.